The Hall–Kier alpha value is 0.250. The van der Waals surface area contributed by atoms with E-state index < -0.39 is 0 Å². The Morgan fingerprint density at radius 2 is 2.00 bits per heavy atom. The average Bonchev–Trinajstić information content (AvgIpc) is 2.18. The Morgan fingerprint density at radius 1 is 1.62 bits per heavy atom. The number of halogens is 1. The number of quaternary nitrogens is 1. The third-order valence-corrected chi connectivity index (χ3v) is 2.33. The van der Waals surface area contributed by atoms with Crippen molar-refractivity contribution in [1.82, 2.24) is 0 Å². The van der Waals surface area contributed by atoms with Crippen LogP contribution in [0.25, 0.3) is 0 Å². The van der Waals surface area contributed by atoms with Crippen molar-refractivity contribution in [2.75, 3.05) is 20.1 Å². The van der Waals surface area contributed by atoms with Crippen LogP contribution in [0.1, 0.15) is 13.8 Å². The Bertz CT molecular complexity index is 80.6. The zero-order valence-corrected chi connectivity index (χ0v) is 6.57. The highest BCUT2D eigenvalue weighted by Crippen LogP contribution is 2.25. The summed E-state index contributed by atoms with van der Waals surface area (Å²) in [7, 11) is 2.31. The zero-order valence-electron chi connectivity index (χ0n) is 5.82. The first-order chi connectivity index (χ1) is 3.19. The summed E-state index contributed by atoms with van der Waals surface area (Å²) < 4.78 is 1.31. The molecule has 2 atom stereocenters. The van der Waals surface area contributed by atoms with E-state index in [1.807, 2.05) is 0 Å². The fraction of sp³-hybridized carbons (Fsp3) is 1.00. The van der Waals surface area contributed by atoms with Crippen LogP contribution in [0, 0.1) is 0 Å². The van der Waals surface area contributed by atoms with Gasteiger partial charge in [0.2, 0.25) is 0 Å². The van der Waals surface area contributed by atoms with E-state index in [9.17, 15) is 0 Å². The molecule has 0 saturated carbocycles. The highest BCUT2D eigenvalue weighted by atomic mass is 35.5. The lowest BCUT2D eigenvalue weighted by Gasteiger charge is -2.07. The van der Waals surface area contributed by atoms with Crippen molar-refractivity contribution in [3.8, 4) is 0 Å². The molecular formula is C6H14ClN. The number of hydrogen-bond acceptors (Lipinski definition) is 0. The Balaban J connectivity index is 0.000000490. The summed E-state index contributed by atoms with van der Waals surface area (Å²) in [5, 5.41) is 0. The van der Waals surface area contributed by atoms with Crippen molar-refractivity contribution in [3.05, 3.63) is 0 Å². The van der Waals surface area contributed by atoms with Crippen LogP contribution in [0.15, 0.2) is 0 Å². The molecule has 1 fully saturated rings. The van der Waals surface area contributed by atoms with Crippen molar-refractivity contribution in [2.45, 2.75) is 19.9 Å². The summed E-state index contributed by atoms with van der Waals surface area (Å²) in [6, 6.07) is 0.949. The Labute approximate surface area is 57.7 Å². The van der Waals surface area contributed by atoms with Crippen molar-refractivity contribution >= 4 is 0 Å². The van der Waals surface area contributed by atoms with Gasteiger partial charge < -0.3 is 16.9 Å². The molecule has 0 bridgehead atoms. The summed E-state index contributed by atoms with van der Waals surface area (Å²) in [6.07, 6.45) is 0. The number of hydrogen-bond donors (Lipinski definition) is 0. The van der Waals surface area contributed by atoms with E-state index in [2.05, 4.69) is 20.9 Å². The van der Waals surface area contributed by atoms with E-state index in [4.69, 9.17) is 0 Å². The molecule has 1 nitrogen and oxygen atoms in total. The van der Waals surface area contributed by atoms with Crippen LogP contribution >= 0.6 is 0 Å². The number of likely N-dealkylation sites (N-methyl/N-ethyl adjacent to an activating group) is 1. The van der Waals surface area contributed by atoms with Crippen molar-refractivity contribution in [1.29, 1.82) is 0 Å². The largest absolute Gasteiger partial charge is 1.00 e. The fourth-order valence-corrected chi connectivity index (χ4v) is 0.997. The number of rotatable bonds is 1. The third-order valence-electron chi connectivity index (χ3n) is 2.33. The van der Waals surface area contributed by atoms with E-state index >= 15 is 0 Å². The molecule has 0 radical (unpaired) electrons. The van der Waals surface area contributed by atoms with Crippen LogP contribution in [-0.2, 0) is 0 Å². The summed E-state index contributed by atoms with van der Waals surface area (Å²) in [4.78, 5) is 0. The molecule has 0 aromatic rings. The lowest BCUT2D eigenvalue weighted by Crippen LogP contribution is -3.00. The third kappa shape index (κ3) is 1.15. The van der Waals surface area contributed by atoms with Crippen LogP contribution in [0.5, 0.6) is 0 Å². The molecule has 1 aliphatic heterocycles. The topological polar surface area (TPSA) is 0 Å². The van der Waals surface area contributed by atoms with Crippen molar-refractivity contribution in [3.63, 3.8) is 0 Å². The summed E-state index contributed by atoms with van der Waals surface area (Å²) in [6.45, 7) is 7.27. The molecule has 0 aromatic carbocycles. The normalized spacial score (nSPS) is 43.1. The molecule has 2 heteroatoms. The summed E-state index contributed by atoms with van der Waals surface area (Å²) in [5.74, 6) is 0. The maximum atomic E-state index is 2.31. The first-order valence-corrected chi connectivity index (χ1v) is 3.03. The molecule has 50 valence electrons. The van der Waals surface area contributed by atoms with Crippen LogP contribution in [-0.4, -0.2) is 30.7 Å². The van der Waals surface area contributed by atoms with Crippen LogP contribution < -0.4 is 12.4 Å². The van der Waals surface area contributed by atoms with Crippen molar-refractivity contribution in [2.24, 2.45) is 0 Å². The van der Waals surface area contributed by atoms with Crippen molar-refractivity contribution < 1.29 is 16.9 Å². The smallest absolute Gasteiger partial charge is 0.136 e. The van der Waals surface area contributed by atoms with Gasteiger partial charge in [0.1, 0.15) is 12.6 Å². The molecular weight excluding hydrogens is 122 g/mol. The fourth-order valence-electron chi connectivity index (χ4n) is 0.997. The van der Waals surface area contributed by atoms with Crippen LogP contribution in [0.4, 0.5) is 0 Å². The Morgan fingerprint density at radius 3 is 2.00 bits per heavy atom. The molecule has 0 aromatic heterocycles. The molecule has 0 amide bonds. The van der Waals surface area contributed by atoms with Gasteiger partial charge in [0.15, 0.2) is 0 Å². The van der Waals surface area contributed by atoms with Gasteiger partial charge in [-0.25, -0.2) is 0 Å². The molecule has 1 heterocycles. The van der Waals surface area contributed by atoms with Gasteiger partial charge in [-0.2, -0.15) is 0 Å². The maximum Gasteiger partial charge on any atom is 0.136 e. The first kappa shape index (κ1) is 8.25. The van der Waals surface area contributed by atoms with Gasteiger partial charge in [0, 0.05) is 0 Å². The van der Waals surface area contributed by atoms with Gasteiger partial charge in [-0.15, -0.1) is 0 Å². The molecule has 0 N–H and O–H groups in total. The molecule has 2 unspecified atom stereocenters. The highest BCUT2D eigenvalue weighted by molar-refractivity contribution is 4.64. The van der Waals surface area contributed by atoms with Gasteiger partial charge in [0.05, 0.1) is 13.6 Å². The monoisotopic (exact) mass is 135 g/mol. The lowest BCUT2D eigenvalue weighted by molar-refractivity contribution is -0.788. The minimum atomic E-state index is 0. The maximum absolute atomic E-state index is 2.31. The summed E-state index contributed by atoms with van der Waals surface area (Å²) in [5.41, 5.74) is 0. The van der Waals surface area contributed by atoms with Gasteiger partial charge in [-0.05, 0) is 13.8 Å². The Kier molecular flexibility index (Phi) is 2.31. The minimum absolute atomic E-state index is 0. The molecule has 8 heavy (non-hydrogen) atoms. The van der Waals surface area contributed by atoms with Gasteiger partial charge in [-0.3, -0.25) is 0 Å². The van der Waals surface area contributed by atoms with Crippen LogP contribution in [0.3, 0.4) is 0 Å². The van der Waals surface area contributed by atoms with E-state index in [0.717, 1.165) is 6.04 Å². The minimum Gasteiger partial charge on any atom is -1.00 e. The van der Waals surface area contributed by atoms with E-state index in [-0.39, 0.29) is 12.4 Å². The van der Waals surface area contributed by atoms with E-state index in [1.54, 1.807) is 0 Å². The second-order valence-electron chi connectivity index (χ2n) is 2.83. The van der Waals surface area contributed by atoms with Crippen LogP contribution in [0.2, 0.25) is 0 Å². The molecule has 1 rings (SSSR count). The average molecular weight is 136 g/mol. The van der Waals surface area contributed by atoms with Gasteiger partial charge in [-0.1, -0.05) is 0 Å². The molecule has 0 aliphatic carbocycles. The van der Waals surface area contributed by atoms with E-state index in [0.29, 0.717) is 0 Å². The lowest BCUT2D eigenvalue weighted by atomic mass is 10.5. The molecule has 0 spiro atoms. The van der Waals surface area contributed by atoms with Gasteiger partial charge in [0.25, 0.3) is 0 Å². The standard InChI is InChI=1S/C6H14N.ClH/c1-4-7(3)5-6(7)2;/h6H,4-5H2,1-3H3;1H/q+1;/p-1. The SMILES string of the molecule is CC[N+]1(C)CC1C.[Cl-]. The predicted octanol–water partition coefficient (Wildman–Crippen LogP) is -2.14. The first-order valence-electron chi connectivity index (χ1n) is 3.03. The zero-order chi connectivity index (χ0) is 5.49. The quantitative estimate of drug-likeness (QED) is 0.285. The molecule has 1 saturated heterocycles. The predicted molar refractivity (Wildman–Crippen MR) is 31.1 cm³/mol. The second-order valence-corrected chi connectivity index (χ2v) is 2.83. The number of nitrogens with zero attached hydrogens (tertiary/aromatic N) is 1. The van der Waals surface area contributed by atoms with Gasteiger partial charge >= 0.3 is 0 Å². The second kappa shape index (κ2) is 2.24. The molecule has 1 aliphatic rings. The highest BCUT2D eigenvalue weighted by Gasteiger charge is 2.45. The van der Waals surface area contributed by atoms with E-state index in [1.165, 1.54) is 17.6 Å². The summed E-state index contributed by atoms with van der Waals surface area (Å²) >= 11 is 0.